The lowest BCUT2D eigenvalue weighted by Crippen LogP contribution is -2.40. The SMILES string of the molecule is CCOc1ccc(/C(C)=N\NC(=O)CN(c2cc(Cl)ccc2OC)S(=O)(=O)c2ccc(OC)c(OC)c2)cc1. The molecule has 0 saturated heterocycles. The normalized spacial score (nSPS) is 11.5. The fraction of sp³-hybridized carbons (Fsp3) is 0.259. The van der Waals surface area contributed by atoms with E-state index >= 15 is 0 Å². The number of hydrazone groups is 1. The number of carbonyl (C=O) groups excluding carboxylic acids is 1. The summed E-state index contributed by atoms with van der Waals surface area (Å²) in [7, 11) is -0.101. The summed E-state index contributed by atoms with van der Waals surface area (Å²) in [5.74, 6) is 0.776. The molecule has 0 radical (unpaired) electrons. The number of anilines is 1. The van der Waals surface area contributed by atoms with Crippen LogP contribution >= 0.6 is 11.6 Å². The fourth-order valence-corrected chi connectivity index (χ4v) is 5.20. The summed E-state index contributed by atoms with van der Waals surface area (Å²) < 4.78 is 49.9. The molecular weight excluding hydrogens is 546 g/mol. The van der Waals surface area contributed by atoms with Crippen LogP contribution in [0.3, 0.4) is 0 Å². The highest BCUT2D eigenvalue weighted by Crippen LogP contribution is 2.37. The first-order chi connectivity index (χ1) is 18.6. The van der Waals surface area contributed by atoms with Crippen molar-refractivity contribution >= 4 is 38.9 Å². The molecule has 12 heteroatoms. The molecule has 3 rings (SSSR count). The molecule has 0 fully saturated rings. The van der Waals surface area contributed by atoms with Crippen molar-refractivity contribution < 1.29 is 32.2 Å². The van der Waals surface area contributed by atoms with E-state index in [1.165, 1.54) is 51.7 Å². The second-order valence-electron chi connectivity index (χ2n) is 8.03. The van der Waals surface area contributed by atoms with Gasteiger partial charge < -0.3 is 18.9 Å². The van der Waals surface area contributed by atoms with Crippen molar-refractivity contribution in [3.8, 4) is 23.0 Å². The average molecular weight is 576 g/mol. The van der Waals surface area contributed by atoms with Crippen molar-refractivity contribution in [2.75, 3.05) is 38.8 Å². The predicted molar refractivity (Wildman–Crippen MR) is 150 cm³/mol. The third kappa shape index (κ3) is 7.12. The minimum Gasteiger partial charge on any atom is -0.495 e. The first-order valence-electron chi connectivity index (χ1n) is 11.8. The molecule has 0 saturated carbocycles. The molecule has 0 aliphatic carbocycles. The minimum absolute atomic E-state index is 0.0714. The summed E-state index contributed by atoms with van der Waals surface area (Å²) in [6.07, 6.45) is 0. The smallest absolute Gasteiger partial charge is 0.265 e. The highest BCUT2D eigenvalue weighted by molar-refractivity contribution is 7.92. The Hall–Kier alpha value is -3.96. The number of methoxy groups -OCH3 is 3. The number of amides is 1. The minimum atomic E-state index is -4.32. The third-order valence-corrected chi connectivity index (χ3v) is 7.56. The van der Waals surface area contributed by atoms with Crippen LogP contribution in [0.2, 0.25) is 5.02 Å². The molecule has 3 aromatic carbocycles. The molecule has 39 heavy (non-hydrogen) atoms. The molecule has 0 aliphatic rings. The molecular formula is C27H30ClN3O7S. The van der Waals surface area contributed by atoms with E-state index < -0.39 is 22.5 Å². The number of nitrogens with one attached hydrogen (secondary N) is 1. The zero-order valence-electron chi connectivity index (χ0n) is 22.2. The van der Waals surface area contributed by atoms with Crippen LogP contribution in [0.1, 0.15) is 19.4 Å². The Morgan fingerprint density at radius 1 is 0.923 bits per heavy atom. The van der Waals surface area contributed by atoms with E-state index in [0.717, 1.165) is 9.87 Å². The number of sulfonamides is 1. The van der Waals surface area contributed by atoms with Crippen molar-refractivity contribution in [1.29, 1.82) is 0 Å². The van der Waals surface area contributed by atoms with Crippen LogP contribution in [-0.4, -0.2) is 54.5 Å². The van der Waals surface area contributed by atoms with E-state index in [-0.39, 0.29) is 27.1 Å². The Labute approximate surface area is 233 Å². The van der Waals surface area contributed by atoms with E-state index in [4.69, 9.17) is 30.5 Å². The Morgan fingerprint density at radius 2 is 1.56 bits per heavy atom. The molecule has 10 nitrogen and oxygen atoms in total. The van der Waals surface area contributed by atoms with Crippen LogP contribution < -0.4 is 28.7 Å². The van der Waals surface area contributed by atoms with Gasteiger partial charge in [0.25, 0.3) is 15.9 Å². The van der Waals surface area contributed by atoms with Gasteiger partial charge in [0, 0.05) is 11.1 Å². The lowest BCUT2D eigenvalue weighted by Gasteiger charge is -2.26. The van der Waals surface area contributed by atoms with Gasteiger partial charge in [-0.15, -0.1) is 0 Å². The maximum absolute atomic E-state index is 13.9. The number of nitrogens with zero attached hydrogens (tertiary/aromatic N) is 2. The summed E-state index contributed by atoms with van der Waals surface area (Å²) in [6.45, 7) is 3.54. The first-order valence-corrected chi connectivity index (χ1v) is 13.6. The molecule has 0 atom stereocenters. The predicted octanol–water partition coefficient (Wildman–Crippen LogP) is 4.50. The van der Waals surface area contributed by atoms with Crippen LogP contribution in [0, 0.1) is 0 Å². The van der Waals surface area contributed by atoms with E-state index in [0.29, 0.717) is 23.8 Å². The van der Waals surface area contributed by atoms with Gasteiger partial charge in [-0.05, 0) is 74.0 Å². The fourth-order valence-electron chi connectivity index (χ4n) is 3.60. The van der Waals surface area contributed by atoms with Gasteiger partial charge in [-0.25, -0.2) is 13.8 Å². The van der Waals surface area contributed by atoms with Gasteiger partial charge in [-0.2, -0.15) is 5.10 Å². The second kappa shape index (κ2) is 13.2. The number of benzene rings is 3. The lowest BCUT2D eigenvalue weighted by atomic mass is 10.1. The number of halogens is 1. The highest BCUT2D eigenvalue weighted by atomic mass is 35.5. The van der Waals surface area contributed by atoms with Crippen molar-refractivity contribution in [2.24, 2.45) is 5.10 Å². The van der Waals surface area contributed by atoms with Crippen molar-refractivity contribution in [3.05, 3.63) is 71.2 Å². The van der Waals surface area contributed by atoms with E-state index in [1.54, 1.807) is 37.3 Å². The summed E-state index contributed by atoms with van der Waals surface area (Å²) in [5, 5.41) is 4.40. The molecule has 0 aliphatic heterocycles. The quantitative estimate of drug-likeness (QED) is 0.250. The average Bonchev–Trinajstić information content (AvgIpc) is 2.94. The molecule has 0 heterocycles. The largest absolute Gasteiger partial charge is 0.495 e. The molecule has 0 spiro atoms. The monoisotopic (exact) mass is 575 g/mol. The van der Waals surface area contributed by atoms with Gasteiger partial charge >= 0.3 is 0 Å². The van der Waals surface area contributed by atoms with Gasteiger partial charge in [0.15, 0.2) is 11.5 Å². The van der Waals surface area contributed by atoms with E-state index in [2.05, 4.69) is 10.5 Å². The van der Waals surface area contributed by atoms with Crippen molar-refractivity contribution in [1.82, 2.24) is 5.43 Å². The number of hydrogen-bond acceptors (Lipinski definition) is 8. The Kier molecular flexibility index (Phi) is 10.0. The summed E-state index contributed by atoms with van der Waals surface area (Å²) >= 11 is 6.19. The Balaban J connectivity index is 1.96. The van der Waals surface area contributed by atoms with E-state index in [1.807, 2.05) is 6.92 Å². The topological polar surface area (TPSA) is 116 Å². The number of ether oxygens (including phenoxy) is 4. The van der Waals surface area contributed by atoms with Gasteiger partial charge in [0.2, 0.25) is 0 Å². The first kappa shape index (κ1) is 29.6. The summed E-state index contributed by atoms with van der Waals surface area (Å²) in [6, 6.07) is 15.8. The highest BCUT2D eigenvalue weighted by Gasteiger charge is 2.30. The maximum Gasteiger partial charge on any atom is 0.265 e. The van der Waals surface area contributed by atoms with E-state index in [9.17, 15) is 13.2 Å². The van der Waals surface area contributed by atoms with Crippen molar-refractivity contribution in [2.45, 2.75) is 18.7 Å². The van der Waals surface area contributed by atoms with Crippen LogP contribution in [0.5, 0.6) is 23.0 Å². The molecule has 1 N–H and O–H groups in total. The molecule has 0 unspecified atom stereocenters. The molecule has 0 bridgehead atoms. The second-order valence-corrected chi connectivity index (χ2v) is 10.3. The van der Waals surface area contributed by atoms with Crippen LogP contribution in [-0.2, 0) is 14.8 Å². The maximum atomic E-state index is 13.9. The zero-order valence-corrected chi connectivity index (χ0v) is 23.8. The Bertz CT molecular complexity index is 1440. The standard InChI is InChI=1S/C27H30ClN3O7S/c1-6-38-21-10-7-19(8-11-21)18(2)29-30-27(32)17-31(23-15-20(28)9-13-24(23)35-3)39(33,34)22-12-14-25(36-4)26(16-22)37-5/h7-16H,6,17H2,1-5H3,(H,30,32)/b29-18-. The van der Waals surface area contributed by atoms with Gasteiger partial charge in [0.1, 0.15) is 18.0 Å². The van der Waals surface area contributed by atoms with Gasteiger partial charge in [-0.3, -0.25) is 9.10 Å². The molecule has 0 aromatic heterocycles. The van der Waals surface area contributed by atoms with Crippen LogP contribution in [0.4, 0.5) is 5.69 Å². The van der Waals surface area contributed by atoms with Gasteiger partial charge in [-0.1, -0.05) is 11.6 Å². The third-order valence-electron chi connectivity index (χ3n) is 5.57. The number of hydrogen-bond donors (Lipinski definition) is 1. The van der Waals surface area contributed by atoms with Gasteiger partial charge in [0.05, 0.1) is 44.2 Å². The summed E-state index contributed by atoms with van der Waals surface area (Å²) in [5.41, 5.74) is 3.77. The molecule has 1 amide bonds. The molecule has 208 valence electrons. The summed E-state index contributed by atoms with van der Waals surface area (Å²) in [4.78, 5) is 12.9. The Morgan fingerprint density at radius 3 is 2.18 bits per heavy atom. The number of carbonyl (C=O) groups is 1. The van der Waals surface area contributed by atoms with Crippen LogP contribution in [0.25, 0.3) is 0 Å². The van der Waals surface area contributed by atoms with Crippen molar-refractivity contribution in [3.63, 3.8) is 0 Å². The van der Waals surface area contributed by atoms with Crippen LogP contribution in [0.15, 0.2) is 70.7 Å². The number of rotatable bonds is 12. The molecule has 3 aromatic rings. The lowest BCUT2D eigenvalue weighted by molar-refractivity contribution is -0.119. The zero-order chi connectivity index (χ0) is 28.6.